The van der Waals surface area contributed by atoms with Gasteiger partial charge in [0.15, 0.2) is 0 Å². The van der Waals surface area contributed by atoms with Crippen LogP contribution in [0.15, 0.2) is 36.7 Å². The Labute approximate surface area is 181 Å². The van der Waals surface area contributed by atoms with Crippen LogP contribution in [0, 0.1) is 5.92 Å². The molecular weight excluding hydrogens is 422 g/mol. The van der Waals surface area contributed by atoms with E-state index in [1.54, 1.807) is 7.11 Å². The molecule has 0 unspecified atom stereocenters. The second kappa shape index (κ2) is 9.05. The second-order valence-electron chi connectivity index (χ2n) is 8.00. The van der Waals surface area contributed by atoms with Crippen molar-refractivity contribution in [2.75, 3.05) is 24.4 Å². The number of fused-ring (bicyclic) bond motifs is 1. The molecule has 4 rings (SSSR count). The lowest BCUT2D eigenvalue weighted by Gasteiger charge is -2.22. The largest absolute Gasteiger partial charge is 0.393 e. The molecule has 1 aromatic carbocycles. The Hall–Kier alpha value is -2.31. The summed E-state index contributed by atoms with van der Waals surface area (Å²) in [5, 5.41) is 21.8. The fourth-order valence-electron chi connectivity index (χ4n) is 4.41. The van der Waals surface area contributed by atoms with Crippen molar-refractivity contribution in [3.8, 4) is 0 Å². The van der Waals surface area contributed by atoms with Crippen LogP contribution in [0.2, 0.25) is 0 Å². The number of ether oxygens (including phenoxy) is 1. The highest BCUT2D eigenvalue weighted by atomic mass is 32.2. The van der Waals surface area contributed by atoms with E-state index in [-0.39, 0.29) is 30.7 Å². The van der Waals surface area contributed by atoms with Gasteiger partial charge in [0.05, 0.1) is 24.9 Å². The predicted octanol–water partition coefficient (Wildman–Crippen LogP) is 0.972. The molecular formula is C20H27N5O5S. The quantitative estimate of drug-likeness (QED) is 0.462. The summed E-state index contributed by atoms with van der Waals surface area (Å²) in [7, 11) is -2.32. The Bertz CT molecular complexity index is 1020. The van der Waals surface area contributed by atoms with Crippen molar-refractivity contribution in [3.63, 3.8) is 0 Å². The number of anilines is 2. The SMILES string of the molecule is CO[C@H]1Cc2ccccc2[C@H]1Nc1cc(N[C@@H]2C[C@@H](COS(N)(=O)=O)[C@@H](O)C2)ncn1. The van der Waals surface area contributed by atoms with Crippen LogP contribution in [0.1, 0.15) is 30.0 Å². The van der Waals surface area contributed by atoms with E-state index < -0.39 is 16.4 Å². The zero-order chi connectivity index (χ0) is 22.0. The zero-order valence-electron chi connectivity index (χ0n) is 17.1. The molecule has 0 bridgehead atoms. The highest BCUT2D eigenvalue weighted by molar-refractivity contribution is 7.84. The van der Waals surface area contributed by atoms with Gasteiger partial charge in [-0.25, -0.2) is 15.1 Å². The number of nitrogens with one attached hydrogen (secondary N) is 2. The molecule has 31 heavy (non-hydrogen) atoms. The topological polar surface area (TPSA) is 149 Å². The molecule has 1 aromatic heterocycles. The third-order valence-electron chi connectivity index (χ3n) is 5.91. The monoisotopic (exact) mass is 449 g/mol. The number of rotatable bonds is 8. The van der Waals surface area contributed by atoms with Gasteiger partial charge in [-0.1, -0.05) is 24.3 Å². The minimum absolute atomic E-state index is 0.00772. The third kappa shape index (κ3) is 5.31. The first kappa shape index (κ1) is 21.9. The maximum Gasteiger partial charge on any atom is 0.333 e. The van der Waals surface area contributed by atoms with E-state index >= 15 is 0 Å². The van der Waals surface area contributed by atoms with Crippen LogP contribution in [-0.4, -0.2) is 55.5 Å². The fourth-order valence-corrected chi connectivity index (χ4v) is 4.78. The normalized spacial score (nSPS) is 27.8. The van der Waals surface area contributed by atoms with Crippen molar-refractivity contribution >= 4 is 21.9 Å². The van der Waals surface area contributed by atoms with E-state index in [1.807, 2.05) is 18.2 Å². The number of benzene rings is 1. The lowest BCUT2D eigenvalue weighted by molar-refractivity contribution is 0.0959. The lowest BCUT2D eigenvalue weighted by Crippen LogP contribution is -2.24. The average Bonchev–Trinajstić information content (AvgIpc) is 3.26. The second-order valence-corrected chi connectivity index (χ2v) is 9.23. The van der Waals surface area contributed by atoms with Crippen LogP contribution < -0.4 is 15.8 Å². The van der Waals surface area contributed by atoms with Crippen LogP contribution in [0.3, 0.4) is 0 Å². The lowest BCUT2D eigenvalue weighted by atomic mass is 10.1. The summed E-state index contributed by atoms with van der Waals surface area (Å²) >= 11 is 0. The van der Waals surface area contributed by atoms with Crippen molar-refractivity contribution < 1.29 is 22.4 Å². The number of nitrogens with zero attached hydrogens (tertiary/aromatic N) is 2. The van der Waals surface area contributed by atoms with Crippen molar-refractivity contribution in [2.45, 2.75) is 43.6 Å². The molecule has 0 amide bonds. The molecule has 0 radical (unpaired) electrons. The number of hydrogen-bond donors (Lipinski definition) is 4. The van der Waals surface area contributed by atoms with E-state index in [4.69, 9.17) is 9.88 Å². The zero-order valence-corrected chi connectivity index (χ0v) is 18.0. The molecule has 2 aromatic rings. The minimum Gasteiger partial charge on any atom is -0.393 e. The van der Waals surface area contributed by atoms with Crippen LogP contribution in [-0.2, 0) is 25.6 Å². The fraction of sp³-hybridized carbons (Fsp3) is 0.500. The maximum absolute atomic E-state index is 11.0. The van der Waals surface area contributed by atoms with Gasteiger partial charge in [-0.3, -0.25) is 4.18 Å². The molecule has 0 spiro atoms. The number of hydrogen-bond acceptors (Lipinski definition) is 9. The summed E-state index contributed by atoms with van der Waals surface area (Å²) in [4.78, 5) is 8.61. The predicted molar refractivity (Wildman–Crippen MR) is 115 cm³/mol. The summed E-state index contributed by atoms with van der Waals surface area (Å²) in [6.45, 7) is -0.145. The van der Waals surface area contributed by atoms with E-state index in [0.717, 1.165) is 6.42 Å². The standard InChI is InChI=1S/C20H27N5O5S/c1-29-17-7-12-4-2-3-5-15(12)20(17)25-19-9-18(22-11-23-19)24-14-6-13(16(26)8-14)10-30-31(21,27)28/h2-5,9,11,13-14,16-17,20,26H,6-8,10H2,1H3,(H2,21,27,28)(H2,22,23,24,25)/t13-,14+,16-,17-,20+/m0/s1. The molecule has 2 aliphatic rings. The molecule has 0 saturated heterocycles. The van der Waals surface area contributed by atoms with Gasteiger partial charge in [0.1, 0.15) is 18.0 Å². The summed E-state index contributed by atoms with van der Waals surface area (Å²) < 4.78 is 32.3. The molecule has 2 aliphatic carbocycles. The average molecular weight is 450 g/mol. The van der Waals surface area contributed by atoms with Gasteiger partial charge in [0.25, 0.3) is 0 Å². The number of methoxy groups -OCH3 is 1. The Kier molecular flexibility index (Phi) is 6.39. The Balaban J connectivity index is 1.40. The van der Waals surface area contributed by atoms with E-state index in [9.17, 15) is 13.5 Å². The Morgan fingerprint density at radius 3 is 2.68 bits per heavy atom. The summed E-state index contributed by atoms with van der Waals surface area (Å²) in [5.41, 5.74) is 2.45. The summed E-state index contributed by atoms with van der Waals surface area (Å²) in [5.74, 6) is 0.949. The molecule has 5 atom stereocenters. The first-order valence-corrected chi connectivity index (χ1v) is 11.6. The molecule has 11 heteroatoms. The van der Waals surface area contributed by atoms with Crippen LogP contribution in [0.4, 0.5) is 11.6 Å². The number of aliphatic hydroxyl groups excluding tert-OH is 1. The highest BCUT2D eigenvalue weighted by Crippen LogP contribution is 2.35. The number of aromatic nitrogens is 2. The third-order valence-corrected chi connectivity index (χ3v) is 6.38. The molecule has 1 saturated carbocycles. The first-order valence-electron chi connectivity index (χ1n) is 10.1. The molecule has 0 aliphatic heterocycles. The Morgan fingerprint density at radius 2 is 1.94 bits per heavy atom. The van der Waals surface area contributed by atoms with Gasteiger partial charge < -0.3 is 20.5 Å². The summed E-state index contributed by atoms with van der Waals surface area (Å²) in [6.07, 6.45) is 2.62. The smallest absolute Gasteiger partial charge is 0.333 e. The Morgan fingerprint density at radius 1 is 1.19 bits per heavy atom. The van der Waals surface area contributed by atoms with Gasteiger partial charge in [-0.15, -0.1) is 0 Å². The van der Waals surface area contributed by atoms with Crippen molar-refractivity contribution in [1.29, 1.82) is 0 Å². The van der Waals surface area contributed by atoms with Crippen molar-refractivity contribution in [1.82, 2.24) is 9.97 Å². The number of nitrogens with two attached hydrogens (primary N) is 1. The molecule has 168 valence electrons. The van der Waals surface area contributed by atoms with E-state index in [0.29, 0.717) is 24.5 Å². The van der Waals surface area contributed by atoms with E-state index in [2.05, 4.69) is 36.9 Å². The molecule has 10 nitrogen and oxygen atoms in total. The van der Waals surface area contributed by atoms with Crippen LogP contribution in [0.25, 0.3) is 0 Å². The van der Waals surface area contributed by atoms with Crippen LogP contribution in [0.5, 0.6) is 0 Å². The summed E-state index contributed by atoms with van der Waals surface area (Å²) in [6, 6.07) is 9.96. The van der Waals surface area contributed by atoms with Gasteiger partial charge in [-0.2, -0.15) is 8.42 Å². The van der Waals surface area contributed by atoms with Gasteiger partial charge in [0, 0.05) is 31.6 Å². The molecule has 5 N–H and O–H groups in total. The van der Waals surface area contributed by atoms with E-state index in [1.165, 1.54) is 17.5 Å². The highest BCUT2D eigenvalue weighted by Gasteiger charge is 2.35. The van der Waals surface area contributed by atoms with Gasteiger partial charge >= 0.3 is 10.3 Å². The maximum atomic E-state index is 11.0. The van der Waals surface area contributed by atoms with Gasteiger partial charge in [0.2, 0.25) is 0 Å². The molecule has 1 heterocycles. The van der Waals surface area contributed by atoms with Gasteiger partial charge in [-0.05, 0) is 24.0 Å². The molecule has 1 fully saturated rings. The first-order chi connectivity index (χ1) is 14.8. The van der Waals surface area contributed by atoms with Crippen molar-refractivity contribution in [3.05, 3.63) is 47.8 Å². The van der Waals surface area contributed by atoms with Crippen LogP contribution >= 0.6 is 0 Å². The minimum atomic E-state index is -4.03. The number of aliphatic hydroxyl groups is 1. The van der Waals surface area contributed by atoms with Crippen molar-refractivity contribution in [2.24, 2.45) is 11.1 Å².